The zero-order valence-electron chi connectivity index (χ0n) is 10.6. The van der Waals surface area contributed by atoms with Crippen LogP contribution in [0, 0.1) is 0 Å². The number of rotatable bonds is 1. The summed E-state index contributed by atoms with van der Waals surface area (Å²) >= 11 is 0. The Balaban J connectivity index is 2.19. The number of halogens is 3. The number of piperidine rings is 1. The average Bonchev–Trinajstić information content (AvgIpc) is 2.38. The van der Waals surface area contributed by atoms with Gasteiger partial charge in [0.2, 0.25) is 0 Å². The molecule has 0 bridgehead atoms. The van der Waals surface area contributed by atoms with Crippen LogP contribution in [-0.2, 0) is 6.18 Å². The lowest BCUT2D eigenvalue weighted by Gasteiger charge is -2.35. The molecule has 1 saturated heterocycles. The van der Waals surface area contributed by atoms with E-state index in [0.717, 1.165) is 12.1 Å². The fourth-order valence-electron chi connectivity index (χ4n) is 2.42. The van der Waals surface area contributed by atoms with Crippen molar-refractivity contribution in [3.63, 3.8) is 0 Å². The molecule has 0 saturated carbocycles. The highest BCUT2D eigenvalue weighted by Gasteiger charge is 2.32. The van der Waals surface area contributed by atoms with Crippen LogP contribution in [0.15, 0.2) is 24.3 Å². The molecule has 0 unspecified atom stereocenters. The Morgan fingerprint density at radius 3 is 2.40 bits per heavy atom. The molecule has 20 heavy (non-hydrogen) atoms. The molecule has 1 fully saturated rings. The number of alkyl halides is 3. The van der Waals surface area contributed by atoms with E-state index in [9.17, 15) is 18.0 Å². The highest BCUT2D eigenvalue weighted by atomic mass is 19.4. The second-order valence-electron chi connectivity index (χ2n) is 4.91. The first-order valence-electron chi connectivity index (χ1n) is 6.19. The van der Waals surface area contributed by atoms with E-state index in [-0.39, 0.29) is 18.5 Å². The number of carbonyl (C=O) groups is 1. The van der Waals surface area contributed by atoms with E-state index in [0.29, 0.717) is 18.5 Å². The van der Waals surface area contributed by atoms with Crippen molar-refractivity contribution in [2.75, 3.05) is 13.1 Å². The first kappa shape index (κ1) is 14.6. The van der Waals surface area contributed by atoms with Crippen molar-refractivity contribution in [3.05, 3.63) is 35.4 Å². The number of amides is 1. The number of nitrogens with two attached hydrogens (primary N) is 1. The number of hydrogen-bond donors (Lipinski definition) is 2. The third-order valence-corrected chi connectivity index (χ3v) is 3.60. The van der Waals surface area contributed by atoms with E-state index in [1.165, 1.54) is 17.0 Å². The molecule has 1 heterocycles. The van der Waals surface area contributed by atoms with Gasteiger partial charge in [-0.15, -0.1) is 0 Å². The van der Waals surface area contributed by atoms with E-state index < -0.39 is 17.8 Å². The summed E-state index contributed by atoms with van der Waals surface area (Å²) in [7, 11) is 0. The minimum Gasteiger partial charge on any atom is -0.465 e. The summed E-state index contributed by atoms with van der Waals surface area (Å²) in [5.41, 5.74) is 5.87. The quantitative estimate of drug-likeness (QED) is 0.834. The number of hydrogen-bond acceptors (Lipinski definition) is 2. The van der Waals surface area contributed by atoms with Crippen molar-refractivity contribution in [2.24, 2.45) is 5.73 Å². The van der Waals surface area contributed by atoms with Crippen LogP contribution in [-0.4, -0.2) is 35.2 Å². The van der Waals surface area contributed by atoms with Crippen LogP contribution in [0.3, 0.4) is 0 Å². The SMILES string of the molecule is N[C@@H]1CCN(C(=O)O)C[C@H]1c1ccc(C(F)(F)F)cc1. The number of carboxylic acid groups (broad SMARTS) is 1. The third kappa shape index (κ3) is 3.04. The lowest BCUT2D eigenvalue weighted by molar-refractivity contribution is -0.137. The number of nitrogens with zero attached hydrogens (tertiary/aromatic N) is 1. The Hall–Kier alpha value is -1.76. The van der Waals surface area contributed by atoms with Crippen LogP contribution in [0.25, 0.3) is 0 Å². The molecule has 1 amide bonds. The first-order chi connectivity index (χ1) is 9.29. The number of likely N-dealkylation sites (tertiary alicyclic amines) is 1. The first-order valence-corrected chi connectivity index (χ1v) is 6.19. The van der Waals surface area contributed by atoms with Gasteiger partial charge in [0.05, 0.1) is 5.56 Å². The Morgan fingerprint density at radius 1 is 1.30 bits per heavy atom. The van der Waals surface area contributed by atoms with E-state index in [4.69, 9.17) is 10.8 Å². The summed E-state index contributed by atoms with van der Waals surface area (Å²) in [6, 6.07) is 4.50. The summed E-state index contributed by atoms with van der Waals surface area (Å²) in [5, 5.41) is 8.98. The van der Waals surface area contributed by atoms with Crippen LogP contribution in [0.2, 0.25) is 0 Å². The Morgan fingerprint density at radius 2 is 1.90 bits per heavy atom. The van der Waals surface area contributed by atoms with Gasteiger partial charge >= 0.3 is 12.3 Å². The minimum atomic E-state index is -4.37. The molecule has 0 spiro atoms. The van der Waals surface area contributed by atoms with Crippen molar-refractivity contribution < 1.29 is 23.1 Å². The van der Waals surface area contributed by atoms with Gasteiger partial charge in [0.15, 0.2) is 0 Å². The monoisotopic (exact) mass is 288 g/mol. The molecule has 3 N–H and O–H groups in total. The second-order valence-corrected chi connectivity index (χ2v) is 4.91. The van der Waals surface area contributed by atoms with E-state index in [1.807, 2.05) is 0 Å². The van der Waals surface area contributed by atoms with Gasteiger partial charge in [0.25, 0.3) is 0 Å². The fraction of sp³-hybridized carbons (Fsp3) is 0.462. The van der Waals surface area contributed by atoms with Crippen LogP contribution in [0.1, 0.15) is 23.5 Å². The topological polar surface area (TPSA) is 66.6 Å². The van der Waals surface area contributed by atoms with E-state index in [2.05, 4.69) is 0 Å². The summed E-state index contributed by atoms with van der Waals surface area (Å²) in [6.07, 6.45) is -4.91. The van der Waals surface area contributed by atoms with Gasteiger partial charge in [0, 0.05) is 25.0 Å². The van der Waals surface area contributed by atoms with Crippen LogP contribution < -0.4 is 5.73 Å². The second kappa shape index (κ2) is 5.32. The van der Waals surface area contributed by atoms with Crippen molar-refractivity contribution in [1.82, 2.24) is 4.90 Å². The van der Waals surface area contributed by atoms with Crippen molar-refractivity contribution in [1.29, 1.82) is 0 Å². The van der Waals surface area contributed by atoms with Gasteiger partial charge in [-0.05, 0) is 24.1 Å². The summed E-state index contributed by atoms with van der Waals surface area (Å²) in [6.45, 7) is 0.565. The Kier molecular flexibility index (Phi) is 3.89. The molecule has 0 aromatic heterocycles. The van der Waals surface area contributed by atoms with Gasteiger partial charge in [-0.1, -0.05) is 12.1 Å². The predicted molar refractivity (Wildman–Crippen MR) is 66.4 cm³/mol. The number of benzene rings is 1. The molecule has 1 aliphatic rings. The van der Waals surface area contributed by atoms with Crippen molar-refractivity contribution in [2.45, 2.75) is 24.6 Å². The predicted octanol–water partition coefficient (Wildman–Crippen LogP) is 2.50. The van der Waals surface area contributed by atoms with Crippen LogP contribution in [0.5, 0.6) is 0 Å². The molecule has 1 aromatic carbocycles. The maximum absolute atomic E-state index is 12.5. The van der Waals surface area contributed by atoms with Crippen LogP contribution in [0.4, 0.5) is 18.0 Å². The van der Waals surface area contributed by atoms with Gasteiger partial charge < -0.3 is 15.7 Å². The maximum atomic E-state index is 12.5. The molecule has 110 valence electrons. The molecule has 2 rings (SSSR count). The zero-order valence-corrected chi connectivity index (χ0v) is 10.6. The molecule has 2 atom stereocenters. The molecule has 4 nitrogen and oxygen atoms in total. The smallest absolute Gasteiger partial charge is 0.416 e. The Labute approximate surface area is 114 Å². The maximum Gasteiger partial charge on any atom is 0.416 e. The standard InChI is InChI=1S/C13H15F3N2O2/c14-13(15,16)9-3-1-8(2-4-9)10-7-18(12(19)20)6-5-11(10)17/h1-4,10-11H,5-7,17H2,(H,19,20)/t10-,11+/m0/s1. The lowest BCUT2D eigenvalue weighted by Crippen LogP contribution is -2.47. The Bertz CT molecular complexity index is 487. The molecule has 0 radical (unpaired) electrons. The van der Waals surface area contributed by atoms with Crippen molar-refractivity contribution in [3.8, 4) is 0 Å². The summed E-state index contributed by atoms with van der Waals surface area (Å²) < 4.78 is 37.5. The lowest BCUT2D eigenvalue weighted by atomic mass is 9.86. The van der Waals surface area contributed by atoms with Gasteiger partial charge in [-0.25, -0.2) is 4.79 Å². The molecule has 7 heteroatoms. The fourth-order valence-corrected chi connectivity index (χ4v) is 2.42. The van der Waals surface area contributed by atoms with Gasteiger partial charge in [-0.3, -0.25) is 0 Å². The van der Waals surface area contributed by atoms with Crippen molar-refractivity contribution >= 4 is 6.09 Å². The largest absolute Gasteiger partial charge is 0.465 e. The average molecular weight is 288 g/mol. The zero-order chi connectivity index (χ0) is 14.9. The van der Waals surface area contributed by atoms with E-state index in [1.54, 1.807) is 0 Å². The molecule has 1 aliphatic heterocycles. The van der Waals surface area contributed by atoms with Gasteiger partial charge in [-0.2, -0.15) is 13.2 Å². The molecule has 0 aliphatic carbocycles. The summed E-state index contributed by atoms with van der Waals surface area (Å²) in [5.74, 6) is -0.276. The highest BCUT2D eigenvalue weighted by molar-refractivity contribution is 5.65. The molecule has 1 aromatic rings. The minimum absolute atomic E-state index is 0.210. The van der Waals surface area contributed by atoms with Gasteiger partial charge in [0.1, 0.15) is 0 Å². The van der Waals surface area contributed by atoms with Crippen LogP contribution >= 0.6 is 0 Å². The highest BCUT2D eigenvalue weighted by Crippen LogP contribution is 2.32. The third-order valence-electron chi connectivity index (χ3n) is 3.60. The van der Waals surface area contributed by atoms with E-state index >= 15 is 0 Å². The normalized spacial score (nSPS) is 23.7. The molecular weight excluding hydrogens is 273 g/mol. The summed E-state index contributed by atoms with van der Waals surface area (Å²) in [4.78, 5) is 12.2. The molecular formula is C13H15F3N2O2.